The number of nitrogens with one attached hydrogen (secondary N) is 1. The Bertz CT molecular complexity index is 440. The first-order chi connectivity index (χ1) is 9.47. The van der Waals surface area contributed by atoms with Crippen molar-refractivity contribution in [3.63, 3.8) is 0 Å². The van der Waals surface area contributed by atoms with Gasteiger partial charge in [0.15, 0.2) is 5.78 Å². The Labute approximate surface area is 121 Å². The zero-order valence-electron chi connectivity index (χ0n) is 12.8. The van der Waals surface area contributed by atoms with Gasteiger partial charge in [-0.25, -0.2) is 0 Å². The lowest BCUT2D eigenvalue weighted by Crippen LogP contribution is -2.37. The highest BCUT2D eigenvalue weighted by Crippen LogP contribution is 2.27. The van der Waals surface area contributed by atoms with E-state index >= 15 is 0 Å². The predicted molar refractivity (Wildman–Crippen MR) is 81.5 cm³/mol. The highest BCUT2D eigenvalue weighted by Gasteiger charge is 2.26. The van der Waals surface area contributed by atoms with E-state index in [0.29, 0.717) is 0 Å². The van der Waals surface area contributed by atoms with E-state index in [1.54, 1.807) is 0 Å². The second kappa shape index (κ2) is 7.83. The first kappa shape index (κ1) is 16.4. The number of hydrogen-bond acceptors (Lipinski definition) is 2. The molecule has 1 rings (SSSR count). The fourth-order valence-electron chi connectivity index (χ4n) is 2.12. The normalized spacial score (nSPS) is 13.8. The molecule has 0 saturated carbocycles. The third-order valence-corrected chi connectivity index (χ3v) is 3.73. The van der Waals surface area contributed by atoms with Crippen molar-refractivity contribution in [2.24, 2.45) is 11.8 Å². The molecule has 2 unspecified atom stereocenters. The Balaban J connectivity index is 2.79. The van der Waals surface area contributed by atoms with Crippen LogP contribution in [0.3, 0.4) is 0 Å². The van der Waals surface area contributed by atoms with Gasteiger partial charge < -0.3 is 5.32 Å². The summed E-state index contributed by atoms with van der Waals surface area (Å²) < 4.78 is 0. The summed E-state index contributed by atoms with van der Waals surface area (Å²) in [5.41, 5.74) is 1.01. The summed E-state index contributed by atoms with van der Waals surface area (Å²) in [6, 6.07) is 9.77. The number of amides is 1. The van der Waals surface area contributed by atoms with Crippen molar-refractivity contribution in [3.8, 4) is 0 Å². The second-order valence-corrected chi connectivity index (χ2v) is 5.61. The van der Waals surface area contributed by atoms with Crippen LogP contribution >= 0.6 is 0 Å². The summed E-state index contributed by atoms with van der Waals surface area (Å²) in [4.78, 5) is 24.0. The van der Waals surface area contributed by atoms with Crippen LogP contribution in [0.2, 0.25) is 0 Å². The minimum atomic E-state index is -0.193. The van der Waals surface area contributed by atoms with Gasteiger partial charge in [-0.15, -0.1) is 0 Å². The average molecular weight is 275 g/mol. The summed E-state index contributed by atoms with van der Waals surface area (Å²) >= 11 is 0. The number of rotatable bonds is 7. The van der Waals surface area contributed by atoms with Gasteiger partial charge in [-0.3, -0.25) is 9.59 Å². The Morgan fingerprint density at radius 3 is 2.20 bits per heavy atom. The van der Waals surface area contributed by atoms with Crippen LogP contribution in [0.4, 0.5) is 0 Å². The first-order valence-electron chi connectivity index (χ1n) is 7.32. The van der Waals surface area contributed by atoms with Crippen LogP contribution in [0.5, 0.6) is 0 Å². The molecule has 1 N–H and O–H groups in total. The van der Waals surface area contributed by atoms with E-state index in [4.69, 9.17) is 0 Å². The lowest BCUT2D eigenvalue weighted by Gasteiger charge is -2.22. The summed E-state index contributed by atoms with van der Waals surface area (Å²) in [6.45, 7) is 7.96. The zero-order valence-corrected chi connectivity index (χ0v) is 12.8. The van der Waals surface area contributed by atoms with E-state index in [9.17, 15) is 9.59 Å². The van der Waals surface area contributed by atoms with Crippen molar-refractivity contribution in [3.05, 3.63) is 35.9 Å². The topological polar surface area (TPSA) is 46.2 Å². The first-order valence-corrected chi connectivity index (χ1v) is 7.32. The average Bonchev–Trinajstić information content (AvgIpc) is 2.45. The number of carbonyl (C=O) groups excluding carboxylic acids is 2. The van der Waals surface area contributed by atoms with Crippen LogP contribution in [0.1, 0.15) is 45.6 Å². The molecule has 0 aliphatic rings. The van der Waals surface area contributed by atoms with Crippen molar-refractivity contribution in [1.29, 1.82) is 0 Å². The van der Waals surface area contributed by atoms with Gasteiger partial charge in [0.05, 0.1) is 12.5 Å². The van der Waals surface area contributed by atoms with Gasteiger partial charge in [-0.05, 0) is 11.5 Å². The Morgan fingerprint density at radius 2 is 1.70 bits per heavy atom. The van der Waals surface area contributed by atoms with Crippen LogP contribution in [0, 0.1) is 11.8 Å². The lowest BCUT2D eigenvalue weighted by atomic mass is 9.85. The van der Waals surface area contributed by atoms with Crippen LogP contribution in [-0.4, -0.2) is 18.2 Å². The standard InChI is InChI=1S/C17H25NO2/c1-5-13(4)16(14-9-7-6-8-10-14)17(20)18-11-15(19)12(2)3/h6-10,12-13,16H,5,11H2,1-4H3,(H,18,20). The molecule has 1 aromatic rings. The predicted octanol–water partition coefficient (Wildman–Crippen LogP) is 3.16. The molecule has 0 spiro atoms. The van der Waals surface area contributed by atoms with Crippen molar-refractivity contribution >= 4 is 11.7 Å². The van der Waals surface area contributed by atoms with E-state index in [2.05, 4.69) is 19.2 Å². The molecule has 0 heterocycles. The molecule has 0 aliphatic carbocycles. The molecule has 0 aromatic heterocycles. The van der Waals surface area contributed by atoms with Gasteiger partial charge in [0, 0.05) is 5.92 Å². The summed E-state index contributed by atoms with van der Waals surface area (Å²) in [6.07, 6.45) is 0.922. The van der Waals surface area contributed by atoms with Crippen molar-refractivity contribution in [2.45, 2.75) is 40.0 Å². The monoisotopic (exact) mass is 275 g/mol. The molecule has 20 heavy (non-hydrogen) atoms. The molecule has 3 nitrogen and oxygen atoms in total. The fraction of sp³-hybridized carbons (Fsp3) is 0.529. The van der Waals surface area contributed by atoms with Gasteiger partial charge in [0.2, 0.25) is 5.91 Å². The number of benzene rings is 1. The number of carbonyl (C=O) groups is 2. The Kier molecular flexibility index (Phi) is 6.43. The molecule has 0 fully saturated rings. The third kappa shape index (κ3) is 4.48. The SMILES string of the molecule is CCC(C)C(C(=O)NCC(=O)C(C)C)c1ccccc1. The van der Waals surface area contributed by atoms with E-state index in [0.717, 1.165) is 12.0 Å². The Hall–Kier alpha value is -1.64. The maximum atomic E-state index is 12.4. The van der Waals surface area contributed by atoms with Gasteiger partial charge in [0.25, 0.3) is 0 Å². The minimum absolute atomic E-state index is 0.0472. The molecule has 0 aliphatic heterocycles. The zero-order chi connectivity index (χ0) is 15.1. The number of ketones is 1. The molecule has 1 aromatic carbocycles. The Morgan fingerprint density at radius 1 is 1.10 bits per heavy atom. The summed E-state index contributed by atoms with van der Waals surface area (Å²) in [7, 11) is 0. The summed E-state index contributed by atoms with van der Waals surface area (Å²) in [5, 5.41) is 2.79. The number of hydrogen-bond donors (Lipinski definition) is 1. The largest absolute Gasteiger partial charge is 0.348 e. The van der Waals surface area contributed by atoms with Crippen molar-refractivity contribution < 1.29 is 9.59 Å². The van der Waals surface area contributed by atoms with E-state index < -0.39 is 0 Å². The summed E-state index contributed by atoms with van der Waals surface area (Å²) in [5.74, 6) is 0.00986. The second-order valence-electron chi connectivity index (χ2n) is 5.61. The van der Waals surface area contributed by atoms with E-state index in [-0.39, 0.29) is 36.0 Å². The molecular formula is C17H25NO2. The molecule has 2 atom stereocenters. The van der Waals surface area contributed by atoms with Crippen molar-refractivity contribution in [1.82, 2.24) is 5.32 Å². The smallest absolute Gasteiger partial charge is 0.228 e. The van der Waals surface area contributed by atoms with E-state index in [1.807, 2.05) is 44.2 Å². The van der Waals surface area contributed by atoms with E-state index in [1.165, 1.54) is 0 Å². The van der Waals surface area contributed by atoms with Crippen LogP contribution < -0.4 is 5.32 Å². The maximum absolute atomic E-state index is 12.4. The molecular weight excluding hydrogens is 250 g/mol. The fourth-order valence-corrected chi connectivity index (χ4v) is 2.12. The van der Waals surface area contributed by atoms with Gasteiger partial charge in [-0.2, -0.15) is 0 Å². The highest BCUT2D eigenvalue weighted by molar-refractivity contribution is 5.90. The van der Waals surface area contributed by atoms with Gasteiger partial charge in [0.1, 0.15) is 0 Å². The van der Waals surface area contributed by atoms with Crippen molar-refractivity contribution in [2.75, 3.05) is 6.54 Å². The third-order valence-electron chi connectivity index (χ3n) is 3.73. The van der Waals surface area contributed by atoms with Crippen LogP contribution in [0.15, 0.2) is 30.3 Å². The highest BCUT2D eigenvalue weighted by atomic mass is 16.2. The van der Waals surface area contributed by atoms with Crippen LogP contribution in [-0.2, 0) is 9.59 Å². The molecule has 3 heteroatoms. The number of Topliss-reactive ketones (excluding diaryl/α,β-unsaturated/α-hetero) is 1. The van der Waals surface area contributed by atoms with Gasteiger partial charge in [-0.1, -0.05) is 64.4 Å². The molecule has 0 bridgehead atoms. The molecule has 1 amide bonds. The molecule has 0 saturated heterocycles. The van der Waals surface area contributed by atoms with Gasteiger partial charge >= 0.3 is 0 Å². The molecule has 0 radical (unpaired) electrons. The lowest BCUT2D eigenvalue weighted by molar-refractivity contribution is -0.128. The molecule has 110 valence electrons. The maximum Gasteiger partial charge on any atom is 0.228 e. The quantitative estimate of drug-likeness (QED) is 0.831. The van der Waals surface area contributed by atoms with Crippen LogP contribution in [0.25, 0.3) is 0 Å². The minimum Gasteiger partial charge on any atom is -0.348 e.